The molecule has 3 aromatic rings. The fraction of sp³-hybridized carbons (Fsp3) is 0.421. The van der Waals surface area contributed by atoms with Crippen LogP contribution >= 0.6 is 0 Å². The van der Waals surface area contributed by atoms with Crippen LogP contribution in [-0.4, -0.2) is 51.4 Å². The standard InChI is InChI=1S/C19H23N5O2S/c1-27(25,26)23-9-2-4-15(6-11-23)12-16-5-8-20-17(13-16)18-14-22-19-21-7-3-10-24(18)19/h3,5,7-8,10,13-15H,2,4,6,9,11-12H2,1H3/t15-/m0/s1. The molecule has 0 bridgehead atoms. The maximum absolute atomic E-state index is 11.8. The Balaban J connectivity index is 1.52. The van der Waals surface area contributed by atoms with E-state index < -0.39 is 10.0 Å². The fourth-order valence-corrected chi connectivity index (χ4v) is 4.66. The second-order valence-corrected chi connectivity index (χ2v) is 9.13. The van der Waals surface area contributed by atoms with Crippen molar-refractivity contribution in [2.75, 3.05) is 19.3 Å². The van der Waals surface area contributed by atoms with Crippen LogP contribution in [-0.2, 0) is 16.4 Å². The zero-order valence-corrected chi connectivity index (χ0v) is 16.1. The van der Waals surface area contributed by atoms with Crippen LogP contribution in [0.15, 0.2) is 43.0 Å². The van der Waals surface area contributed by atoms with E-state index in [1.165, 1.54) is 11.8 Å². The van der Waals surface area contributed by atoms with Crippen molar-refractivity contribution in [1.82, 2.24) is 23.7 Å². The number of hydrogen-bond acceptors (Lipinski definition) is 5. The third kappa shape index (κ3) is 4.01. The third-order valence-electron chi connectivity index (χ3n) is 5.18. The molecule has 7 nitrogen and oxygen atoms in total. The molecule has 142 valence electrons. The van der Waals surface area contributed by atoms with Crippen molar-refractivity contribution < 1.29 is 8.42 Å². The minimum Gasteiger partial charge on any atom is -0.282 e. The van der Waals surface area contributed by atoms with Gasteiger partial charge in [-0.1, -0.05) is 0 Å². The molecule has 1 fully saturated rings. The van der Waals surface area contributed by atoms with E-state index >= 15 is 0 Å². The molecule has 4 rings (SSSR count). The van der Waals surface area contributed by atoms with Crippen LogP contribution in [0.3, 0.4) is 0 Å². The number of pyridine rings is 1. The zero-order chi connectivity index (χ0) is 18.9. The summed E-state index contributed by atoms with van der Waals surface area (Å²) in [5, 5.41) is 0. The van der Waals surface area contributed by atoms with Gasteiger partial charge in [0.25, 0.3) is 0 Å². The lowest BCUT2D eigenvalue weighted by Crippen LogP contribution is -2.30. The number of hydrogen-bond donors (Lipinski definition) is 0. The van der Waals surface area contributed by atoms with Crippen LogP contribution in [0.5, 0.6) is 0 Å². The van der Waals surface area contributed by atoms with Crippen LogP contribution in [0.4, 0.5) is 0 Å². The van der Waals surface area contributed by atoms with Crippen LogP contribution in [0.2, 0.25) is 0 Å². The third-order valence-corrected chi connectivity index (χ3v) is 6.48. The van der Waals surface area contributed by atoms with E-state index in [9.17, 15) is 8.42 Å². The van der Waals surface area contributed by atoms with Crippen molar-refractivity contribution in [2.45, 2.75) is 25.7 Å². The molecule has 0 saturated carbocycles. The lowest BCUT2D eigenvalue weighted by molar-refractivity contribution is 0.413. The fourth-order valence-electron chi connectivity index (χ4n) is 3.77. The van der Waals surface area contributed by atoms with Crippen molar-refractivity contribution in [1.29, 1.82) is 0 Å². The summed E-state index contributed by atoms with van der Waals surface area (Å²) >= 11 is 0. The summed E-state index contributed by atoms with van der Waals surface area (Å²) in [5.41, 5.74) is 3.01. The van der Waals surface area contributed by atoms with Gasteiger partial charge in [-0.2, -0.15) is 0 Å². The van der Waals surface area contributed by atoms with Gasteiger partial charge in [0.1, 0.15) is 0 Å². The molecule has 0 aliphatic carbocycles. The maximum atomic E-state index is 11.8. The van der Waals surface area contributed by atoms with Crippen LogP contribution in [0.25, 0.3) is 17.2 Å². The topological polar surface area (TPSA) is 80.5 Å². The van der Waals surface area contributed by atoms with E-state index in [4.69, 9.17) is 0 Å². The lowest BCUT2D eigenvalue weighted by Gasteiger charge is -2.17. The summed E-state index contributed by atoms with van der Waals surface area (Å²) < 4.78 is 27.1. The first-order valence-electron chi connectivity index (χ1n) is 9.19. The van der Waals surface area contributed by atoms with Crippen molar-refractivity contribution >= 4 is 15.8 Å². The van der Waals surface area contributed by atoms with Crippen molar-refractivity contribution in [2.24, 2.45) is 5.92 Å². The second-order valence-electron chi connectivity index (χ2n) is 7.15. The van der Waals surface area contributed by atoms with E-state index in [2.05, 4.69) is 21.0 Å². The van der Waals surface area contributed by atoms with E-state index in [1.54, 1.807) is 16.7 Å². The largest absolute Gasteiger partial charge is 0.282 e. The van der Waals surface area contributed by atoms with Crippen LogP contribution < -0.4 is 0 Å². The molecule has 0 N–H and O–H groups in total. The average Bonchev–Trinajstić information content (AvgIpc) is 2.93. The highest BCUT2D eigenvalue weighted by molar-refractivity contribution is 7.88. The number of fused-ring (bicyclic) bond motifs is 1. The smallest absolute Gasteiger partial charge is 0.234 e. The van der Waals surface area contributed by atoms with Crippen molar-refractivity contribution in [3.05, 3.63) is 48.5 Å². The van der Waals surface area contributed by atoms with Gasteiger partial charge >= 0.3 is 0 Å². The molecule has 8 heteroatoms. The minimum absolute atomic E-state index is 0.482. The quantitative estimate of drug-likeness (QED) is 0.689. The Bertz CT molecular complexity index is 1050. The number of nitrogens with zero attached hydrogens (tertiary/aromatic N) is 5. The normalized spacial score (nSPS) is 19.2. The van der Waals surface area contributed by atoms with Gasteiger partial charge in [0.15, 0.2) is 0 Å². The number of rotatable bonds is 4. The molecule has 4 heterocycles. The summed E-state index contributed by atoms with van der Waals surface area (Å²) in [4.78, 5) is 13.1. The Morgan fingerprint density at radius 3 is 2.89 bits per heavy atom. The molecule has 1 aliphatic heterocycles. The van der Waals surface area contributed by atoms with Crippen molar-refractivity contribution in [3.8, 4) is 11.4 Å². The molecule has 0 aromatic carbocycles. The number of sulfonamides is 1. The first-order valence-corrected chi connectivity index (χ1v) is 11.0. The van der Waals surface area contributed by atoms with Gasteiger partial charge in [0.05, 0.1) is 23.8 Å². The SMILES string of the molecule is CS(=O)(=O)N1CCC[C@H](Cc2ccnc(-c3cnc4ncccn34)c2)CC1. The predicted octanol–water partition coefficient (Wildman–Crippen LogP) is 2.40. The van der Waals surface area contributed by atoms with Gasteiger partial charge in [-0.05, 0) is 55.4 Å². The summed E-state index contributed by atoms with van der Waals surface area (Å²) in [6.45, 7) is 1.24. The second kappa shape index (κ2) is 7.36. The molecule has 0 spiro atoms. The van der Waals surface area contributed by atoms with Gasteiger partial charge in [-0.25, -0.2) is 22.7 Å². The average molecular weight is 385 g/mol. The Morgan fingerprint density at radius 1 is 1.15 bits per heavy atom. The van der Waals surface area contributed by atoms with Gasteiger partial charge in [-0.3, -0.25) is 9.38 Å². The molecule has 27 heavy (non-hydrogen) atoms. The molecular formula is C19H23N5O2S. The minimum atomic E-state index is -3.09. The Labute approximate surface area is 159 Å². The van der Waals surface area contributed by atoms with Crippen molar-refractivity contribution in [3.63, 3.8) is 0 Å². The van der Waals surface area contributed by atoms with Gasteiger partial charge in [0.2, 0.25) is 15.8 Å². The predicted molar refractivity (Wildman–Crippen MR) is 104 cm³/mol. The molecule has 3 aromatic heterocycles. The molecule has 1 aliphatic rings. The highest BCUT2D eigenvalue weighted by atomic mass is 32.2. The Morgan fingerprint density at radius 2 is 2.04 bits per heavy atom. The zero-order valence-electron chi connectivity index (χ0n) is 15.3. The number of imidazole rings is 1. The molecular weight excluding hydrogens is 362 g/mol. The monoisotopic (exact) mass is 385 g/mol. The first kappa shape index (κ1) is 18.1. The summed E-state index contributed by atoms with van der Waals surface area (Å²) in [7, 11) is -3.09. The maximum Gasteiger partial charge on any atom is 0.234 e. The van der Waals surface area contributed by atoms with E-state index in [0.29, 0.717) is 24.8 Å². The first-order chi connectivity index (χ1) is 13.0. The van der Waals surface area contributed by atoms with E-state index in [1.807, 2.05) is 28.9 Å². The molecule has 1 atom stereocenters. The number of aromatic nitrogens is 4. The molecule has 0 radical (unpaired) electrons. The van der Waals surface area contributed by atoms with Crippen LogP contribution in [0, 0.1) is 5.92 Å². The van der Waals surface area contributed by atoms with Gasteiger partial charge < -0.3 is 0 Å². The Hall–Kier alpha value is -2.32. The molecule has 0 unspecified atom stereocenters. The van der Waals surface area contributed by atoms with E-state index in [0.717, 1.165) is 37.1 Å². The summed E-state index contributed by atoms with van der Waals surface area (Å²) in [5.74, 6) is 1.14. The molecule has 0 amide bonds. The van der Waals surface area contributed by atoms with Crippen LogP contribution in [0.1, 0.15) is 24.8 Å². The summed E-state index contributed by atoms with van der Waals surface area (Å²) in [6, 6.07) is 6.03. The summed E-state index contributed by atoms with van der Waals surface area (Å²) in [6.07, 6.45) is 12.4. The van der Waals surface area contributed by atoms with Gasteiger partial charge in [0, 0.05) is 31.7 Å². The van der Waals surface area contributed by atoms with E-state index in [-0.39, 0.29) is 0 Å². The van der Waals surface area contributed by atoms with Gasteiger partial charge in [-0.15, -0.1) is 0 Å². The highest BCUT2D eigenvalue weighted by Crippen LogP contribution is 2.25. The molecule has 1 saturated heterocycles. The lowest BCUT2D eigenvalue weighted by atomic mass is 9.93. The Kier molecular flexibility index (Phi) is 4.92. The highest BCUT2D eigenvalue weighted by Gasteiger charge is 2.23.